The van der Waals surface area contributed by atoms with Crippen LogP contribution >= 0.6 is 22.9 Å². The highest BCUT2D eigenvalue weighted by Crippen LogP contribution is 2.33. The van der Waals surface area contributed by atoms with Crippen LogP contribution in [-0.4, -0.2) is 57.1 Å². The molecule has 0 unspecified atom stereocenters. The van der Waals surface area contributed by atoms with Gasteiger partial charge >= 0.3 is 0 Å². The first kappa shape index (κ1) is 24.6. The van der Waals surface area contributed by atoms with Crippen molar-refractivity contribution in [2.75, 3.05) is 37.8 Å². The van der Waals surface area contributed by atoms with Gasteiger partial charge in [-0.25, -0.2) is 17.8 Å². The zero-order valence-corrected chi connectivity index (χ0v) is 20.5. The number of aryl methyl sites for hydroxylation is 1. The second-order valence-corrected chi connectivity index (χ2v) is 11.3. The topological polar surface area (TPSA) is 70.6 Å². The van der Waals surface area contributed by atoms with Gasteiger partial charge in [0, 0.05) is 24.5 Å². The van der Waals surface area contributed by atoms with Gasteiger partial charge in [-0.3, -0.25) is 9.69 Å². The molecular formula is C22H25ClFN3O3S2. The van der Waals surface area contributed by atoms with Gasteiger partial charge in [0.25, 0.3) is 0 Å². The maximum atomic E-state index is 13.1. The van der Waals surface area contributed by atoms with E-state index < -0.39 is 15.7 Å². The second kappa shape index (κ2) is 10.2. The van der Waals surface area contributed by atoms with Gasteiger partial charge in [0.15, 0.2) is 15.0 Å². The van der Waals surface area contributed by atoms with E-state index in [1.165, 1.54) is 23.5 Å². The highest BCUT2D eigenvalue weighted by molar-refractivity contribution is 7.91. The summed E-state index contributed by atoms with van der Waals surface area (Å²) in [5.41, 5.74) is 1.62. The third-order valence-electron chi connectivity index (χ3n) is 5.02. The molecule has 0 aliphatic carbocycles. The molecule has 0 bridgehead atoms. The molecule has 0 atom stereocenters. The summed E-state index contributed by atoms with van der Waals surface area (Å²) in [7, 11) is 0.241. The van der Waals surface area contributed by atoms with Crippen molar-refractivity contribution >= 4 is 54.0 Å². The van der Waals surface area contributed by atoms with Crippen molar-refractivity contribution in [3.8, 4) is 0 Å². The Balaban J connectivity index is 1.75. The Kier molecular flexibility index (Phi) is 7.87. The normalized spacial score (nSPS) is 11.9. The number of carbonyl (C=O) groups excluding carboxylic acids is 1. The van der Waals surface area contributed by atoms with E-state index in [9.17, 15) is 17.6 Å². The third kappa shape index (κ3) is 5.83. The van der Waals surface area contributed by atoms with Crippen LogP contribution < -0.4 is 4.90 Å². The minimum atomic E-state index is -3.59. The number of nitrogens with zero attached hydrogens (tertiary/aromatic N) is 3. The zero-order chi connectivity index (χ0) is 23.5. The van der Waals surface area contributed by atoms with E-state index in [2.05, 4.69) is 4.98 Å². The van der Waals surface area contributed by atoms with E-state index in [0.717, 1.165) is 27.9 Å². The lowest BCUT2D eigenvalue weighted by molar-refractivity contribution is -0.118. The smallest absolute Gasteiger partial charge is 0.228 e. The lowest BCUT2D eigenvalue weighted by Crippen LogP contribution is -2.36. The maximum absolute atomic E-state index is 13.1. The van der Waals surface area contributed by atoms with Gasteiger partial charge in [0.05, 0.1) is 20.9 Å². The Labute approximate surface area is 196 Å². The zero-order valence-electron chi connectivity index (χ0n) is 18.1. The Morgan fingerprint density at radius 3 is 2.47 bits per heavy atom. The fourth-order valence-electron chi connectivity index (χ4n) is 3.14. The number of carbonyl (C=O) groups is 1. The molecule has 0 radical (unpaired) electrons. The summed E-state index contributed by atoms with van der Waals surface area (Å²) in [6.45, 7) is 2.96. The fraction of sp³-hybridized carbons (Fsp3) is 0.364. The predicted octanol–water partition coefficient (Wildman–Crippen LogP) is 4.55. The van der Waals surface area contributed by atoms with Gasteiger partial charge in [-0.05, 0) is 69.4 Å². The standard InChI is InChI=1S/C22H25ClFN3O3S2/c1-15-18(23)10-11-19-21(15)25-22(31-19)27(13-12-26(2)3)20(28)5-4-14-32(29,30)17-8-6-16(24)7-9-17/h6-11H,4-5,12-14H2,1-3H3. The lowest BCUT2D eigenvalue weighted by Gasteiger charge is -2.22. The van der Waals surface area contributed by atoms with Crippen LogP contribution in [0.3, 0.4) is 0 Å². The molecule has 3 aromatic rings. The number of amides is 1. The maximum Gasteiger partial charge on any atom is 0.228 e. The molecule has 1 heterocycles. The van der Waals surface area contributed by atoms with Crippen molar-refractivity contribution in [2.24, 2.45) is 0 Å². The van der Waals surface area contributed by atoms with Crippen LogP contribution in [0.15, 0.2) is 41.3 Å². The number of sulfone groups is 1. The summed E-state index contributed by atoms with van der Waals surface area (Å²) in [5.74, 6) is -0.882. The molecule has 1 amide bonds. The Hall–Kier alpha value is -2.07. The van der Waals surface area contributed by atoms with Crippen molar-refractivity contribution in [1.29, 1.82) is 0 Å². The van der Waals surface area contributed by atoms with Crippen LogP contribution in [0.4, 0.5) is 9.52 Å². The number of rotatable bonds is 9. The molecular weight excluding hydrogens is 473 g/mol. The summed E-state index contributed by atoms with van der Waals surface area (Å²) < 4.78 is 39.0. The van der Waals surface area contributed by atoms with Gasteiger partial charge in [0.2, 0.25) is 5.91 Å². The first-order chi connectivity index (χ1) is 15.1. The Morgan fingerprint density at radius 1 is 1.12 bits per heavy atom. The van der Waals surface area contributed by atoms with Crippen LogP contribution in [0.1, 0.15) is 18.4 Å². The molecule has 2 aromatic carbocycles. The number of anilines is 1. The SMILES string of the molecule is Cc1c(Cl)ccc2sc(N(CCN(C)C)C(=O)CCCS(=O)(=O)c3ccc(F)cc3)nc12. The number of aromatic nitrogens is 1. The van der Waals surface area contributed by atoms with Crippen LogP contribution in [0, 0.1) is 12.7 Å². The number of benzene rings is 2. The number of hydrogen-bond acceptors (Lipinski definition) is 6. The summed E-state index contributed by atoms with van der Waals surface area (Å²) in [5, 5.41) is 1.19. The van der Waals surface area contributed by atoms with Crippen LogP contribution in [0.5, 0.6) is 0 Å². The molecule has 32 heavy (non-hydrogen) atoms. The first-order valence-corrected chi connectivity index (χ1v) is 12.9. The third-order valence-corrected chi connectivity index (χ3v) is 8.29. The van der Waals surface area contributed by atoms with Crippen molar-refractivity contribution in [3.63, 3.8) is 0 Å². The molecule has 1 aromatic heterocycles. The molecule has 0 saturated heterocycles. The Bertz CT molecular complexity index is 1210. The van der Waals surface area contributed by atoms with E-state index in [1.54, 1.807) is 4.90 Å². The predicted molar refractivity (Wildman–Crippen MR) is 128 cm³/mol. The number of likely N-dealkylation sites (N-methyl/N-ethyl adjacent to an activating group) is 1. The molecule has 0 spiro atoms. The number of thiazole rings is 1. The molecule has 10 heteroatoms. The minimum absolute atomic E-state index is 0.0503. The summed E-state index contributed by atoms with van der Waals surface area (Å²) in [6.07, 6.45) is 0.219. The average molecular weight is 498 g/mol. The van der Waals surface area contributed by atoms with E-state index in [1.807, 2.05) is 38.1 Å². The van der Waals surface area contributed by atoms with Gasteiger partial charge in [-0.1, -0.05) is 22.9 Å². The first-order valence-electron chi connectivity index (χ1n) is 10.1. The largest absolute Gasteiger partial charge is 0.308 e. The highest BCUT2D eigenvalue weighted by atomic mass is 35.5. The summed E-state index contributed by atoms with van der Waals surface area (Å²) in [4.78, 5) is 21.3. The molecule has 172 valence electrons. The lowest BCUT2D eigenvalue weighted by atomic mass is 10.2. The number of halogens is 2. The molecule has 0 saturated carbocycles. The summed E-state index contributed by atoms with van der Waals surface area (Å²) in [6, 6.07) is 8.41. The molecule has 0 fully saturated rings. The van der Waals surface area contributed by atoms with Gasteiger partial charge in [-0.2, -0.15) is 0 Å². The molecule has 0 aliphatic rings. The second-order valence-electron chi connectivity index (χ2n) is 7.74. The van der Waals surface area contributed by atoms with Crippen molar-refractivity contribution < 1.29 is 17.6 Å². The quantitative estimate of drug-likeness (QED) is 0.406. The van der Waals surface area contributed by atoms with Gasteiger partial charge in [-0.15, -0.1) is 0 Å². The molecule has 0 N–H and O–H groups in total. The molecule has 0 aliphatic heterocycles. The highest BCUT2D eigenvalue weighted by Gasteiger charge is 2.22. The van der Waals surface area contributed by atoms with Crippen molar-refractivity contribution in [3.05, 3.63) is 52.8 Å². The average Bonchev–Trinajstić information content (AvgIpc) is 3.15. The summed E-state index contributed by atoms with van der Waals surface area (Å²) >= 11 is 7.62. The van der Waals surface area contributed by atoms with Crippen LogP contribution in [0.2, 0.25) is 5.02 Å². The monoisotopic (exact) mass is 497 g/mol. The minimum Gasteiger partial charge on any atom is -0.308 e. The van der Waals surface area contributed by atoms with E-state index in [0.29, 0.717) is 23.2 Å². The van der Waals surface area contributed by atoms with Crippen molar-refractivity contribution in [1.82, 2.24) is 9.88 Å². The van der Waals surface area contributed by atoms with Crippen LogP contribution in [-0.2, 0) is 14.6 Å². The molecule has 6 nitrogen and oxygen atoms in total. The fourth-order valence-corrected chi connectivity index (χ4v) is 5.67. The van der Waals surface area contributed by atoms with Gasteiger partial charge in [0.1, 0.15) is 5.82 Å². The number of hydrogen-bond donors (Lipinski definition) is 0. The Morgan fingerprint density at radius 2 is 1.81 bits per heavy atom. The molecule has 3 rings (SSSR count). The van der Waals surface area contributed by atoms with Crippen LogP contribution in [0.25, 0.3) is 10.2 Å². The van der Waals surface area contributed by atoms with E-state index >= 15 is 0 Å². The van der Waals surface area contributed by atoms with E-state index in [-0.39, 0.29) is 29.4 Å². The van der Waals surface area contributed by atoms with Crippen molar-refractivity contribution in [2.45, 2.75) is 24.7 Å². The number of fused-ring (bicyclic) bond motifs is 1. The van der Waals surface area contributed by atoms with E-state index in [4.69, 9.17) is 11.6 Å². The van der Waals surface area contributed by atoms with Gasteiger partial charge < -0.3 is 4.90 Å².